The molecule has 1 saturated heterocycles. The zero-order valence-electron chi connectivity index (χ0n) is 10.8. The minimum atomic E-state index is -3.93. The molecule has 0 aliphatic carbocycles. The molecule has 0 amide bonds. The minimum Gasteiger partial charge on any atom is -0.494 e. The standard InChI is InChI=1S/C12H14FNO5S/c1-18-10-2-3-11(9(8-15)12(10)13)20(16,17)14-4-6-19-7-5-14/h2-3,8H,4-7H2,1H3. The van der Waals surface area contributed by atoms with E-state index in [1.165, 1.54) is 23.5 Å². The Hall–Kier alpha value is -1.51. The average Bonchev–Trinajstić information content (AvgIpc) is 2.47. The Balaban J connectivity index is 2.51. The first kappa shape index (κ1) is 14.9. The molecule has 2 rings (SSSR count). The third-order valence-electron chi connectivity index (χ3n) is 3.03. The number of ether oxygens (including phenoxy) is 2. The molecule has 6 nitrogen and oxygen atoms in total. The quantitative estimate of drug-likeness (QED) is 0.764. The summed E-state index contributed by atoms with van der Waals surface area (Å²) in [4.78, 5) is 10.7. The van der Waals surface area contributed by atoms with Gasteiger partial charge in [-0.05, 0) is 12.1 Å². The number of benzene rings is 1. The van der Waals surface area contributed by atoms with E-state index < -0.39 is 21.4 Å². The van der Waals surface area contributed by atoms with E-state index in [1.54, 1.807) is 0 Å². The number of hydrogen-bond donors (Lipinski definition) is 0. The van der Waals surface area contributed by atoms with Crippen LogP contribution < -0.4 is 4.74 Å². The zero-order valence-corrected chi connectivity index (χ0v) is 11.7. The highest BCUT2D eigenvalue weighted by molar-refractivity contribution is 7.89. The molecule has 1 aromatic rings. The molecule has 0 atom stereocenters. The first-order chi connectivity index (χ1) is 9.52. The predicted molar refractivity (Wildman–Crippen MR) is 67.9 cm³/mol. The number of sulfonamides is 1. The summed E-state index contributed by atoms with van der Waals surface area (Å²) in [6.07, 6.45) is 0.186. The van der Waals surface area contributed by atoms with Gasteiger partial charge in [-0.15, -0.1) is 0 Å². The van der Waals surface area contributed by atoms with Crippen LogP contribution in [0, 0.1) is 5.82 Å². The number of methoxy groups -OCH3 is 1. The molecular weight excluding hydrogens is 289 g/mol. The molecule has 0 radical (unpaired) electrons. The predicted octanol–water partition coefficient (Wildman–Crippen LogP) is 0.668. The number of hydrogen-bond acceptors (Lipinski definition) is 5. The molecule has 1 aliphatic heterocycles. The molecule has 1 aliphatic rings. The van der Waals surface area contributed by atoms with Crippen LogP contribution in [-0.4, -0.2) is 52.4 Å². The molecule has 20 heavy (non-hydrogen) atoms. The first-order valence-electron chi connectivity index (χ1n) is 5.92. The van der Waals surface area contributed by atoms with Crippen molar-refractivity contribution in [2.75, 3.05) is 33.4 Å². The van der Waals surface area contributed by atoms with E-state index in [-0.39, 0.29) is 43.2 Å². The van der Waals surface area contributed by atoms with Crippen molar-refractivity contribution in [3.8, 4) is 5.75 Å². The summed E-state index contributed by atoms with van der Waals surface area (Å²) in [6, 6.07) is 2.37. The Morgan fingerprint density at radius 2 is 2.00 bits per heavy atom. The van der Waals surface area contributed by atoms with E-state index in [1.807, 2.05) is 0 Å². The van der Waals surface area contributed by atoms with E-state index in [9.17, 15) is 17.6 Å². The molecule has 110 valence electrons. The van der Waals surface area contributed by atoms with Crippen LogP contribution in [0.15, 0.2) is 17.0 Å². The Morgan fingerprint density at radius 3 is 2.55 bits per heavy atom. The normalized spacial score (nSPS) is 16.9. The number of nitrogens with zero attached hydrogens (tertiary/aromatic N) is 1. The summed E-state index contributed by atoms with van der Waals surface area (Å²) in [5.41, 5.74) is -0.518. The molecule has 0 aromatic heterocycles. The van der Waals surface area contributed by atoms with Gasteiger partial charge in [-0.25, -0.2) is 12.8 Å². The van der Waals surface area contributed by atoms with Crippen LogP contribution in [0.25, 0.3) is 0 Å². The maximum absolute atomic E-state index is 14.0. The van der Waals surface area contributed by atoms with Gasteiger partial charge >= 0.3 is 0 Å². The van der Waals surface area contributed by atoms with Crippen molar-refractivity contribution in [2.45, 2.75) is 4.90 Å². The molecule has 1 aromatic carbocycles. The smallest absolute Gasteiger partial charge is 0.244 e. The van der Waals surface area contributed by atoms with Gasteiger partial charge < -0.3 is 9.47 Å². The lowest BCUT2D eigenvalue weighted by Gasteiger charge is -2.26. The van der Waals surface area contributed by atoms with Gasteiger partial charge in [-0.3, -0.25) is 4.79 Å². The molecule has 1 heterocycles. The van der Waals surface area contributed by atoms with Gasteiger partial charge in [-0.2, -0.15) is 4.31 Å². The van der Waals surface area contributed by atoms with Crippen molar-refractivity contribution in [1.82, 2.24) is 4.31 Å². The second kappa shape index (κ2) is 5.86. The maximum atomic E-state index is 14.0. The number of rotatable bonds is 4. The zero-order chi connectivity index (χ0) is 14.8. The van der Waals surface area contributed by atoms with Crippen LogP contribution >= 0.6 is 0 Å². The minimum absolute atomic E-state index is 0.173. The number of carbonyl (C=O) groups is 1. The van der Waals surface area contributed by atoms with Crippen molar-refractivity contribution in [3.63, 3.8) is 0 Å². The van der Waals surface area contributed by atoms with Gasteiger partial charge in [0.25, 0.3) is 0 Å². The highest BCUT2D eigenvalue weighted by Crippen LogP contribution is 2.27. The topological polar surface area (TPSA) is 72.9 Å². The average molecular weight is 303 g/mol. The SMILES string of the molecule is COc1ccc(S(=O)(=O)N2CCOCC2)c(C=O)c1F. The molecule has 0 saturated carbocycles. The monoisotopic (exact) mass is 303 g/mol. The highest BCUT2D eigenvalue weighted by Gasteiger charge is 2.30. The van der Waals surface area contributed by atoms with Crippen LogP contribution in [0.5, 0.6) is 5.75 Å². The van der Waals surface area contributed by atoms with Crippen molar-refractivity contribution in [2.24, 2.45) is 0 Å². The van der Waals surface area contributed by atoms with Crippen LogP contribution in [0.1, 0.15) is 10.4 Å². The van der Waals surface area contributed by atoms with Crippen molar-refractivity contribution in [1.29, 1.82) is 0 Å². The number of carbonyl (C=O) groups excluding carboxylic acids is 1. The van der Waals surface area contributed by atoms with Gasteiger partial charge in [0.1, 0.15) is 0 Å². The fourth-order valence-electron chi connectivity index (χ4n) is 1.97. The van der Waals surface area contributed by atoms with Crippen LogP contribution in [0.2, 0.25) is 0 Å². The van der Waals surface area contributed by atoms with E-state index in [0.29, 0.717) is 0 Å². The lowest BCUT2D eigenvalue weighted by Crippen LogP contribution is -2.41. The number of morpholine rings is 1. The number of halogens is 1. The second-order valence-electron chi connectivity index (χ2n) is 4.13. The lowest BCUT2D eigenvalue weighted by atomic mass is 10.2. The maximum Gasteiger partial charge on any atom is 0.244 e. The summed E-state index contributed by atoms with van der Waals surface area (Å²) < 4.78 is 49.8. The van der Waals surface area contributed by atoms with Crippen molar-refractivity contribution in [3.05, 3.63) is 23.5 Å². The van der Waals surface area contributed by atoms with Crippen molar-refractivity contribution >= 4 is 16.3 Å². The van der Waals surface area contributed by atoms with E-state index in [4.69, 9.17) is 9.47 Å². The van der Waals surface area contributed by atoms with E-state index >= 15 is 0 Å². The molecule has 1 fully saturated rings. The highest BCUT2D eigenvalue weighted by atomic mass is 32.2. The first-order valence-corrected chi connectivity index (χ1v) is 7.36. The van der Waals surface area contributed by atoms with Gasteiger partial charge in [0, 0.05) is 13.1 Å². The molecule has 0 spiro atoms. The Labute approximate surface area is 116 Å². The Morgan fingerprint density at radius 1 is 1.35 bits per heavy atom. The van der Waals surface area contributed by atoms with Crippen LogP contribution in [0.3, 0.4) is 0 Å². The van der Waals surface area contributed by atoms with Crippen LogP contribution in [0.4, 0.5) is 4.39 Å². The molecule has 0 unspecified atom stereocenters. The summed E-state index contributed by atoms with van der Waals surface area (Å²) in [5.74, 6) is -1.15. The molecule has 0 N–H and O–H groups in total. The second-order valence-corrected chi connectivity index (χ2v) is 6.03. The summed E-state index contributed by atoms with van der Waals surface area (Å²) >= 11 is 0. The Kier molecular flexibility index (Phi) is 4.36. The summed E-state index contributed by atoms with van der Waals surface area (Å²) in [6.45, 7) is 0.894. The Bertz CT molecular complexity index is 611. The molecule has 0 bridgehead atoms. The lowest BCUT2D eigenvalue weighted by molar-refractivity contribution is 0.0730. The van der Waals surface area contributed by atoms with Crippen LogP contribution in [-0.2, 0) is 14.8 Å². The largest absolute Gasteiger partial charge is 0.494 e. The summed E-state index contributed by atoms with van der Waals surface area (Å²) in [5, 5.41) is 0. The fraction of sp³-hybridized carbons (Fsp3) is 0.417. The number of aldehydes is 1. The van der Waals surface area contributed by atoms with E-state index in [0.717, 1.165) is 0 Å². The third-order valence-corrected chi connectivity index (χ3v) is 4.99. The van der Waals surface area contributed by atoms with Gasteiger partial charge in [0.2, 0.25) is 10.0 Å². The third kappa shape index (κ3) is 2.54. The summed E-state index contributed by atoms with van der Waals surface area (Å²) in [7, 11) is -2.69. The van der Waals surface area contributed by atoms with Gasteiger partial charge in [0.15, 0.2) is 17.9 Å². The fourth-order valence-corrected chi connectivity index (χ4v) is 3.54. The van der Waals surface area contributed by atoms with Gasteiger partial charge in [-0.1, -0.05) is 0 Å². The van der Waals surface area contributed by atoms with Gasteiger partial charge in [0.05, 0.1) is 30.8 Å². The van der Waals surface area contributed by atoms with E-state index in [2.05, 4.69) is 0 Å². The molecular formula is C12H14FNO5S. The molecule has 8 heteroatoms. The van der Waals surface area contributed by atoms with Crippen molar-refractivity contribution < 1.29 is 27.1 Å².